The summed E-state index contributed by atoms with van der Waals surface area (Å²) in [7, 11) is 0. The van der Waals surface area contributed by atoms with Crippen LogP contribution in [-0.2, 0) is 29.0 Å². The second kappa shape index (κ2) is 8.14. The van der Waals surface area contributed by atoms with Crippen LogP contribution in [-0.4, -0.2) is 62.8 Å². The number of nitrogens with zero attached hydrogens (tertiary/aromatic N) is 4. The number of carbonyl (C=O) groups excluding carboxylic acids is 2. The Morgan fingerprint density at radius 1 is 1.23 bits per heavy atom. The van der Waals surface area contributed by atoms with Crippen molar-refractivity contribution < 1.29 is 14.3 Å². The van der Waals surface area contributed by atoms with E-state index in [1.807, 2.05) is 34.6 Å². The van der Waals surface area contributed by atoms with Crippen LogP contribution in [0.4, 0.5) is 0 Å². The number of aromatic nitrogens is 4. The minimum Gasteiger partial charge on any atom is -0.381 e. The van der Waals surface area contributed by atoms with Crippen LogP contribution in [0.1, 0.15) is 34.1 Å². The molecule has 1 unspecified atom stereocenters. The molecule has 4 heterocycles. The second-order valence-electron chi connectivity index (χ2n) is 8.28. The molecule has 1 atom stereocenters. The number of benzene rings is 1. The highest BCUT2D eigenvalue weighted by Crippen LogP contribution is 2.19. The molecule has 2 aliphatic heterocycles. The smallest absolute Gasteiger partial charge is 0.270 e. The Hall–Kier alpha value is -3.20. The lowest BCUT2D eigenvalue weighted by molar-refractivity contribution is -0.125. The first-order valence-corrected chi connectivity index (χ1v) is 10.7. The van der Waals surface area contributed by atoms with Crippen molar-refractivity contribution in [3.8, 4) is 0 Å². The maximum Gasteiger partial charge on any atom is 0.270 e. The van der Waals surface area contributed by atoms with E-state index in [9.17, 15) is 9.59 Å². The van der Waals surface area contributed by atoms with E-state index in [4.69, 9.17) is 4.74 Å². The number of carbonyl (C=O) groups is 2. The highest BCUT2D eigenvalue weighted by Gasteiger charge is 2.26. The van der Waals surface area contributed by atoms with Gasteiger partial charge in [0.1, 0.15) is 11.5 Å². The van der Waals surface area contributed by atoms with Crippen molar-refractivity contribution in [3.63, 3.8) is 0 Å². The van der Waals surface area contributed by atoms with Gasteiger partial charge in [-0.3, -0.25) is 9.59 Å². The van der Waals surface area contributed by atoms with E-state index in [1.165, 1.54) is 5.56 Å². The molecule has 2 amide bonds. The number of hydrogen-bond acceptors (Lipinski definition) is 5. The summed E-state index contributed by atoms with van der Waals surface area (Å²) < 4.78 is 7.31. The summed E-state index contributed by atoms with van der Waals surface area (Å²) >= 11 is 0. The first kappa shape index (κ1) is 19.7. The van der Waals surface area contributed by atoms with Gasteiger partial charge in [0, 0.05) is 43.6 Å². The van der Waals surface area contributed by atoms with Crippen LogP contribution >= 0.6 is 0 Å². The predicted octanol–water partition coefficient (Wildman–Crippen LogP) is 1.42. The van der Waals surface area contributed by atoms with Gasteiger partial charge >= 0.3 is 0 Å². The molecule has 0 bridgehead atoms. The maximum absolute atomic E-state index is 13.1. The maximum atomic E-state index is 13.1. The Labute approximate surface area is 179 Å². The Kier molecular flexibility index (Phi) is 5.19. The fourth-order valence-electron chi connectivity index (χ4n) is 4.31. The summed E-state index contributed by atoms with van der Waals surface area (Å²) in [5.41, 5.74) is 2.73. The molecule has 2 N–H and O–H groups in total. The number of amides is 2. The van der Waals surface area contributed by atoms with Crippen molar-refractivity contribution in [2.75, 3.05) is 26.3 Å². The molecule has 0 aliphatic carbocycles. The highest BCUT2D eigenvalue weighted by molar-refractivity contribution is 5.98. The Bertz CT molecular complexity index is 1130. The molecule has 1 aromatic carbocycles. The number of aromatic amines is 1. The molecule has 162 valence electrons. The van der Waals surface area contributed by atoms with Crippen molar-refractivity contribution in [1.29, 1.82) is 0 Å². The average Bonchev–Trinajstić information content (AvgIpc) is 3.49. The van der Waals surface area contributed by atoms with Gasteiger partial charge in [-0.05, 0) is 31.5 Å². The molecule has 9 heteroatoms. The van der Waals surface area contributed by atoms with Crippen LogP contribution in [0, 0.1) is 12.8 Å². The Morgan fingerprint density at radius 2 is 2.13 bits per heavy atom. The minimum absolute atomic E-state index is 0.00526. The van der Waals surface area contributed by atoms with E-state index in [1.54, 1.807) is 0 Å². The van der Waals surface area contributed by atoms with E-state index < -0.39 is 0 Å². The third kappa shape index (κ3) is 3.93. The summed E-state index contributed by atoms with van der Waals surface area (Å²) in [6.45, 7) is 5.24. The monoisotopic (exact) mass is 422 g/mol. The number of nitrogens with one attached hydrogen (secondary N) is 2. The van der Waals surface area contributed by atoms with Crippen LogP contribution < -0.4 is 5.32 Å². The molecule has 9 nitrogen and oxygen atoms in total. The fraction of sp³-hybridized carbons (Fsp3) is 0.455. The molecule has 0 radical (unpaired) electrons. The molecule has 0 spiro atoms. The van der Waals surface area contributed by atoms with E-state index >= 15 is 0 Å². The van der Waals surface area contributed by atoms with Gasteiger partial charge < -0.3 is 24.5 Å². The predicted molar refractivity (Wildman–Crippen MR) is 113 cm³/mol. The number of aryl methyl sites for hydroxylation is 1. The average molecular weight is 422 g/mol. The third-order valence-electron chi connectivity index (χ3n) is 6.12. The summed E-state index contributed by atoms with van der Waals surface area (Å²) in [5.74, 6) is 1.46. The van der Waals surface area contributed by atoms with Gasteiger partial charge in [-0.25, -0.2) is 0 Å². The Balaban J connectivity index is 1.25. The molecule has 1 fully saturated rings. The van der Waals surface area contributed by atoms with Gasteiger partial charge in [-0.15, -0.1) is 10.2 Å². The number of ether oxygens (including phenoxy) is 1. The second-order valence-corrected chi connectivity index (χ2v) is 8.28. The van der Waals surface area contributed by atoms with Crippen LogP contribution in [0.3, 0.4) is 0 Å². The molecule has 5 rings (SSSR count). The van der Waals surface area contributed by atoms with Crippen molar-refractivity contribution >= 4 is 22.7 Å². The minimum atomic E-state index is -0.0836. The topological polar surface area (TPSA) is 105 Å². The number of hydrogen-bond donors (Lipinski definition) is 2. The summed E-state index contributed by atoms with van der Waals surface area (Å²) in [4.78, 5) is 30.5. The zero-order valence-electron chi connectivity index (χ0n) is 17.6. The molecular weight excluding hydrogens is 396 g/mol. The lowest BCUT2D eigenvalue weighted by atomic mass is 10.1. The van der Waals surface area contributed by atoms with Crippen LogP contribution in [0.15, 0.2) is 24.3 Å². The molecule has 0 saturated carbocycles. The molecule has 3 aromatic rings. The van der Waals surface area contributed by atoms with Gasteiger partial charge in [0.05, 0.1) is 19.1 Å². The van der Waals surface area contributed by atoms with E-state index in [2.05, 4.69) is 26.6 Å². The first-order valence-electron chi connectivity index (χ1n) is 10.7. The summed E-state index contributed by atoms with van der Waals surface area (Å²) in [6, 6.07) is 8.03. The Morgan fingerprint density at radius 3 is 2.97 bits per heavy atom. The highest BCUT2D eigenvalue weighted by atomic mass is 16.5. The van der Waals surface area contributed by atoms with Crippen LogP contribution in [0.25, 0.3) is 10.9 Å². The van der Waals surface area contributed by atoms with E-state index in [0.717, 1.165) is 29.0 Å². The lowest BCUT2D eigenvalue weighted by Crippen LogP contribution is -2.34. The van der Waals surface area contributed by atoms with Crippen molar-refractivity contribution in [3.05, 3.63) is 47.2 Å². The number of H-pyrrole nitrogens is 1. The third-order valence-corrected chi connectivity index (χ3v) is 6.12. The van der Waals surface area contributed by atoms with Crippen LogP contribution in [0.2, 0.25) is 0 Å². The summed E-state index contributed by atoms with van der Waals surface area (Å²) in [5, 5.41) is 12.5. The first-order chi connectivity index (χ1) is 15.1. The van der Waals surface area contributed by atoms with Gasteiger partial charge in [0.2, 0.25) is 5.91 Å². The number of rotatable bonds is 4. The lowest BCUT2D eigenvalue weighted by Gasteiger charge is -2.19. The van der Waals surface area contributed by atoms with Crippen molar-refractivity contribution in [1.82, 2.24) is 30.0 Å². The van der Waals surface area contributed by atoms with Crippen molar-refractivity contribution in [2.45, 2.75) is 32.9 Å². The van der Waals surface area contributed by atoms with Crippen molar-refractivity contribution in [2.24, 2.45) is 5.92 Å². The zero-order valence-corrected chi connectivity index (χ0v) is 17.6. The molecule has 31 heavy (non-hydrogen) atoms. The zero-order chi connectivity index (χ0) is 21.4. The van der Waals surface area contributed by atoms with Gasteiger partial charge in [0.25, 0.3) is 5.91 Å². The molecule has 2 aliphatic rings. The largest absolute Gasteiger partial charge is 0.381 e. The standard InChI is InChI=1S/C22H26N6O3/c1-14-2-3-17-16(10-14)11-18(24-17)22(30)27-6-4-19-25-26-20(28(19)8-7-27)12-23-21(29)15-5-9-31-13-15/h2-3,10-11,15,24H,4-9,12-13H2,1H3,(H,23,29). The van der Waals surface area contributed by atoms with E-state index in [0.29, 0.717) is 51.5 Å². The molecule has 2 aromatic heterocycles. The number of fused-ring (bicyclic) bond motifs is 2. The SMILES string of the molecule is Cc1ccc2[nH]c(C(=O)N3CCc4nnc(CNC(=O)C5CCOC5)n4CC3)cc2c1. The van der Waals surface area contributed by atoms with Gasteiger partial charge in [-0.2, -0.15) is 0 Å². The van der Waals surface area contributed by atoms with Gasteiger partial charge in [-0.1, -0.05) is 11.6 Å². The normalized spacial score (nSPS) is 18.7. The molecule has 1 saturated heterocycles. The van der Waals surface area contributed by atoms with E-state index in [-0.39, 0.29) is 17.7 Å². The molecular formula is C22H26N6O3. The quantitative estimate of drug-likeness (QED) is 0.662. The van der Waals surface area contributed by atoms with Gasteiger partial charge in [0.15, 0.2) is 5.82 Å². The fourth-order valence-corrected chi connectivity index (χ4v) is 4.31. The summed E-state index contributed by atoms with van der Waals surface area (Å²) in [6.07, 6.45) is 1.39. The van der Waals surface area contributed by atoms with Crippen LogP contribution in [0.5, 0.6) is 0 Å².